The monoisotopic (exact) mass is 334 g/mol. The van der Waals surface area contributed by atoms with E-state index in [1.54, 1.807) is 6.07 Å². The lowest BCUT2D eigenvalue weighted by Crippen LogP contribution is -2.44. The summed E-state index contributed by atoms with van der Waals surface area (Å²) in [4.78, 5) is 0. The molecule has 0 saturated carbocycles. The zero-order valence-corrected chi connectivity index (χ0v) is 14.3. The Morgan fingerprint density at radius 3 is 2.22 bits per heavy atom. The minimum atomic E-state index is -1.99. The first-order valence-corrected chi connectivity index (χ1v) is 9.50. The number of hydrogen-bond acceptors (Lipinski definition) is 2. The van der Waals surface area contributed by atoms with Crippen LogP contribution in [0.15, 0.2) is 16.6 Å². The Labute approximate surface area is 118 Å². The minimum absolute atomic E-state index is 0.0615. The third-order valence-electron chi connectivity index (χ3n) is 3.38. The molecule has 102 valence electrons. The van der Waals surface area contributed by atoms with Crippen LogP contribution >= 0.6 is 15.9 Å². The molecule has 0 aliphatic rings. The van der Waals surface area contributed by atoms with Gasteiger partial charge in [-0.15, -0.1) is 0 Å². The fourth-order valence-electron chi connectivity index (χ4n) is 1.16. The van der Waals surface area contributed by atoms with E-state index < -0.39 is 8.32 Å². The highest BCUT2D eigenvalue weighted by atomic mass is 79.9. The average Bonchev–Trinajstić information content (AvgIpc) is 2.22. The van der Waals surface area contributed by atoms with Crippen LogP contribution in [0.25, 0.3) is 0 Å². The van der Waals surface area contributed by atoms with Crippen LogP contribution in [-0.2, 0) is 0 Å². The molecule has 0 aromatic heterocycles. The van der Waals surface area contributed by atoms with E-state index in [2.05, 4.69) is 49.8 Å². The molecule has 0 saturated heterocycles. The predicted octanol–water partition coefficient (Wildman–Crippen LogP) is 4.98. The molecule has 1 aromatic rings. The molecule has 2 nitrogen and oxygen atoms in total. The number of hydrogen-bond donors (Lipinski definition) is 0. The van der Waals surface area contributed by atoms with Crippen molar-refractivity contribution in [3.05, 3.63) is 22.4 Å². The van der Waals surface area contributed by atoms with Crippen molar-refractivity contribution >= 4 is 24.2 Å². The first kappa shape index (κ1) is 15.5. The highest BCUT2D eigenvalue weighted by Gasteiger charge is 2.39. The largest absolute Gasteiger partial charge is 0.543 e. The Morgan fingerprint density at radius 2 is 1.78 bits per heavy atom. The molecule has 0 aliphatic carbocycles. The van der Waals surface area contributed by atoms with Crippen molar-refractivity contribution in [1.29, 1.82) is 0 Å². The molecule has 0 spiro atoms. The maximum absolute atomic E-state index is 13.7. The summed E-state index contributed by atoms with van der Waals surface area (Å²) in [6, 6.07) is 3.05. The molecule has 0 N–H and O–H groups in total. The van der Waals surface area contributed by atoms with E-state index in [9.17, 15) is 4.39 Å². The average molecular weight is 335 g/mol. The van der Waals surface area contributed by atoms with Crippen molar-refractivity contribution in [3.63, 3.8) is 0 Å². The minimum Gasteiger partial charge on any atom is -0.543 e. The summed E-state index contributed by atoms with van der Waals surface area (Å²) >= 11 is 3.23. The fourth-order valence-corrected chi connectivity index (χ4v) is 2.64. The first-order chi connectivity index (χ1) is 8.08. The Balaban J connectivity index is 3.15. The van der Waals surface area contributed by atoms with Gasteiger partial charge in [-0.2, -0.15) is 0 Å². The molecule has 1 rings (SSSR count). The van der Waals surface area contributed by atoms with E-state index >= 15 is 0 Å². The van der Waals surface area contributed by atoms with Crippen molar-refractivity contribution in [1.82, 2.24) is 0 Å². The van der Waals surface area contributed by atoms with Crippen molar-refractivity contribution in [2.75, 3.05) is 7.11 Å². The van der Waals surface area contributed by atoms with E-state index in [0.29, 0.717) is 16.0 Å². The molecular formula is C13H20BrFO2Si. The lowest BCUT2D eigenvalue weighted by Gasteiger charge is -2.36. The number of rotatable bonds is 3. The summed E-state index contributed by atoms with van der Waals surface area (Å²) in [6.07, 6.45) is 0. The van der Waals surface area contributed by atoms with Crippen molar-refractivity contribution in [2.45, 2.75) is 38.9 Å². The molecular weight excluding hydrogens is 315 g/mol. The Hall–Kier alpha value is -0.553. The van der Waals surface area contributed by atoms with Gasteiger partial charge in [-0.05, 0) is 34.1 Å². The summed E-state index contributed by atoms with van der Waals surface area (Å²) in [5, 5.41) is 0.0615. The van der Waals surface area contributed by atoms with Gasteiger partial charge in [0.2, 0.25) is 0 Å². The second kappa shape index (κ2) is 5.21. The lowest BCUT2D eigenvalue weighted by atomic mass is 10.2. The number of methoxy groups -OCH3 is 1. The van der Waals surface area contributed by atoms with Crippen LogP contribution in [0, 0.1) is 5.82 Å². The van der Waals surface area contributed by atoms with Crippen molar-refractivity contribution in [3.8, 4) is 11.5 Å². The summed E-state index contributed by atoms with van der Waals surface area (Å²) in [6.45, 7) is 10.7. The highest BCUT2D eigenvalue weighted by molar-refractivity contribution is 9.10. The molecule has 0 aliphatic heterocycles. The molecule has 0 amide bonds. The van der Waals surface area contributed by atoms with E-state index in [0.717, 1.165) is 0 Å². The van der Waals surface area contributed by atoms with Crippen molar-refractivity contribution in [2.24, 2.45) is 0 Å². The molecule has 0 bridgehead atoms. The summed E-state index contributed by atoms with van der Waals surface area (Å²) in [7, 11) is -0.475. The molecule has 0 unspecified atom stereocenters. The van der Waals surface area contributed by atoms with Crippen LogP contribution < -0.4 is 9.16 Å². The van der Waals surface area contributed by atoms with Gasteiger partial charge in [0.1, 0.15) is 17.3 Å². The SMILES string of the molecule is COc1cc(F)c(Br)c(O[Si](C)(C)C(C)(C)C)c1. The van der Waals surface area contributed by atoms with E-state index in [4.69, 9.17) is 9.16 Å². The number of benzene rings is 1. The fraction of sp³-hybridized carbons (Fsp3) is 0.538. The molecule has 5 heteroatoms. The molecule has 0 fully saturated rings. The maximum atomic E-state index is 13.7. The van der Waals surface area contributed by atoms with Crippen LogP contribution in [0.2, 0.25) is 18.1 Å². The standard InChI is InChI=1S/C13H20BrFO2Si/c1-13(2,3)18(5,6)17-11-8-9(16-4)7-10(15)12(11)14/h7-8H,1-6H3. The zero-order valence-electron chi connectivity index (χ0n) is 11.7. The van der Waals surface area contributed by atoms with Gasteiger partial charge in [0.25, 0.3) is 8.32 Å². The van der Waals surface area contributed by atoms with Gasteiger partial charge in [0.05, 0.1) is 11.6 Å². The Bertz CT molecular complexity index is 441. The van der Waals surface area contributed by atoms with Crippen LogP contribution in [0.3, 0.4) is 0 Å². The Kier molecular flexibility index (Phi) is 4.49. The quantitative estimate of drug-likeness (QED) is 0.725. The highest BCUT2D eigenvalue weighted by Crippen LogP contribution is 2.41. The van der Waals surface area contributed by atoms with Gasteiger partial charge in [-0.1, -0.05) is 20.8 Å². The van der Waals surface area contributed by atoms with Crippen LogP contribution in [0.4, 0.5) is 4.39 Å². The number of halogens is 2. The van der Waals surface area contributed by atoms with Gasteiger partial charge in [0.15, 0.2) is 0 Å². The molecule has 18 heavy (non-hydrogen) atoms. The topological polar surface area (TPSA) is 18.5 Å². The molecule has 1 aromatic carbocycles. The van der Waals surface area contributed by atoms with Gasteiger partial charge >= 0.3 is 0 Å². The van der Waals surface area contributed by atoms with E-state index in [1.807, 2.05) is 0 Å². The van der Waals surface area contributed by atoms with Gasteiger partial charge < -0.3 is 9.16 Å². The maximum Gasteiger partial charge on any atom is 0.250 e. The molecule has 0 radical (unpaired) electrons. The normalized spacial score (nSPS) is 12.4. The summed E-state index contributed by atoms with van der Waals surface area (Å²) in [5.41, 5.74) is 0. The molecule has 0 atom stereocenters. The number of ether oxygens (including phenoxy) is 1. The predicted molar refractivity (Wildman–Crippen MR) is 78.5 cm³/mol. The van der Waals surface area contributed by atoms with Crippen LogP contribution in [0.1, 0.15) is 20.8 Å². The van der Waals surface area contributed by atoms with Gasteiger partial charge in [-0.25, -0.2) is 4.39 Å². The van der Waals surface area contributed by atoms with E-state index in [1.165, 1.54) is 13.2 Å². The van der Waals surface area contributed by atoms with Crippen LogP contribution in [-0.4, -0.2) is 15.4 Å². The summed E-state index contributed by atoms with van der Waals surface area (Å²) in [5.74, 6) is 0.603. The third kappa shape index (κ3) is 3.26. The van der Waals surface area contributed by atoms with Crippen LogP contribution in [0.5, 0.6) is 11.5 Å². The molecule has 0 heterocycles. The summed E-state index contributed by atoms with van der Waals surface area (Å²) < 4.78 is 25.2. The van der Waals surface area contributed by atoms with Gasteiger partial charge in [-0.3, -0.25) is 0 Å². The van der Waals surface area contributed by atoms with Gasteiger partial charge in [0, 0.05) is 12.1 Å². The van der Waals surface area contributed by atoms with E-state index in [-0.39, 0.29) is 10.9 Å². The lowest BCUT2D eigenvalue weighted by molar-refractivity contribution is 0.405. The Morgan fingerprint density at radius 1 is 1.22 bits per heavy atom. The second-order valence-corrected chi connectivity index (χ2v) is 11.3. The second-order valence-electron chi connectivity index (χ2n) is 5.78. The van der Waals surface area contributed by atoms with Crippen molar-refractivity contribution < 1.29 is 13.6 Å². The third-order valence-corrected chi connectivity index (χ3v) is 8.49. The first-order valence-electron chi connectivity index (χ1n) is 5.80. The zero-order chi connectivity index (χ0) is 14.1. The smallest absolute Gasteiger partial charge is 0.250 e.